The van der Waals surface area contributed by atoms with Crippen molar-refractivity contribution in [1.29, 1.82) is 0 Å². The number of rotatable bonds is 8. The molecule has 2 heterocycles. The Morgan fingerprint density at radius 1 is 1.00 bits per heavy atom. The lowest BCUT2D eigenvalue weighted by Gasteiger charge is -2.13. The number of ether oxygens (including phenoxy) is 1. The first-order chi connectivity index (χ1) is 17.4. The van der Waals surface area contributed by atoms with Crippen LogP contribution in [0, 0.1) is 5.92 Å². The van der Waals surface area contributed by atoms with Gasteiger partial charge in [-0.1, -0.05) is 42.5 Å². The third-order valence-corrected chi connectivity index (χ3v) is 5.83. The molecule has 0 aliphatic heterocycles. The van der Waals surface area contributed by atoms with Gasteiger partial charge in [-0.2, -0.15) is 9.97 Å². The van der Waals surface area contributed by atoms with E-state index >= 15 is 0 Å². The summed E-state index contributed by atoms with van der Waals surface area (Å²) in [7, 11) is 0. The summed E-state index contributed by atoms with van der Waals surface area (Å²) in [6.07, 6.45) is 1.83. The number of fused-ring (bicyclic) bond motifs is 2. The Labute approximate surface area is 206 Å². The molecule has 36 heavy (non-hydrogen) atoms. The summed E-state index contributed by atoms with van der Waals surface area (Å²) in [5, 5.41) is 15.3. The number of aromatic amines is 1. The number of aromatic nitrogens is 3. The number of nitrogens with one attached hydrogen (secondary N) is 2. The maximum Gasteiger partial charge on any atom is 0.307 e. The highest BCUT2D eigenvalue weighted by atomic mass is 16.5. The number of carboxylic acid groups (broad SMARTS) is 1. The van der Waals surface area contributed by atoms with Crippen LogP contribution in [-0.2, 0) is 16.0 Å². The molecule has 5 N–H and O–H groups in total. The lowest BCUT2D eigenvalue weighted by Crippen LogP contribution is -2.24. The number of amides is 1. The summed E-state index contributed by atoms with van der Waals surface area (Å²) in [5.74, 6) is -1.35. The van der Waals surface area contributed by atoms with Crippen molar-refractivity contribution in [2.75, 3.05) is 11.1 Å². The first-order valence-corrected chi connectivity index (χ1v) is 11.3. The maximum absolute atomic E-state index is 12.6. The SMILES string of the molecule is Nc1nc(Oc2ccc(NC(=O)C[C@@H](Cc3ccc4ccccc4c3)C(=O)O)cc2)c2cc[nH]c2n1. The van der Waals surface area contributed by atoms with Crippen LogP contribution in [0.2, 0.25) is 0 Å². The Hall–Kier alpha value is -4.92. The zero-order valence-corrected chi connectivity index (χ0v) is 19.1. The van der Waals surface area contributed by atoms with E-state index in [0.717, 1.165) is 16.3 Å². The van der Waals surface area contributed by atoms with Gasteiger partial charge in [0.05, 0.1) is 11.3 Å². The number of hydrogen-bond donors (Lipinski definition) is 4. The van der Waals surface area contributed by atoms with E-state index in [-0.39, 0.29) is 24.7 Å². The number of hydrogen-bond acceptors (Lipinski definition) is 6. The fourth-order valence-corrected chi connectivity index (χ4v) is 4.06. The topological polar surface area (TPSA) is 143 Å². The number of nitrogens with two attached hydrogens (primary N) is 1. The van der Waals surface area contributed by atoms with Crippen LogP contribution in [0.4, 0.5) is 11.6 Å². The molecule has 0 bridgehead atoms. The van der Waals surface area contributed by atoms with Crippen LogP contribution in [0.25, 0.3) is 21.8 Å². The van der Waals surface area contributed by atoms with Crippen molar-refractivity contribution in [3.05, 3.63) is 84.6 Å². The minimum atomic E-state index is -1.01. The number of benzene rings is 3. The minimum Gasteiger partial charge on any atom is -0.481 e. The largest absolute Gasteiger partial charge is 0.481 e. The third-order valence-electron chi connectivity index (χ3n) is 5.83. The summed E-state index contributed by atoms with van der Waals surface area (Å²) in [6, 6.07) is 22.2. The predicted molar refractivity (Wildman–Crippen MR) is 137 cm³/mol. The number of H-pyrrole nitrogens is 1. The lowest BCUT2D eigenvalue weighted by atomic mass is 9.94. The number of carboxylic acids is 1. The number of anilines is 2. The van der Waals surface area contributed by atoms with Gasteiger partial charge in [0.15, 0.2) is 0 Å². The smallest absolute Gasteiger partial charge is 0.307 e. The van der Waals surface area contributed by atoms with Crippen LogP contribution in [-0.4, -0.2) is 31.9 Å². The van der Waals surface area contributed by atoms with Gasteiger partial charge in [0, 0.05) is 18.3 Å². The summed E-state index contributed by atoms with van der Waals surface area (Å²) in [4.78, 5) is 35.7. The molecule has 0 saturated heterocycles. The fraction of sp³-hybridized carbons (Fsp3) is 0.111. The van der Waals surface area contributed by atoms with E-state index in [1.54, 1.807) is 36.5 Å². The van der Waals surface area contributed by atoms with E-state index < -0.39 is 11.9 Å². The van der Waals surface area contributed by atoms with Crippen LogP contribution < -0.4 is 15.8 Å². The lowest BCUT2D eigenvalue weighted by molar-refractivity contribution is -0.143. The van der Waals surface area contributed by atoms with Crippen molar-refractivity contribution in [2.45, 2.75) is 12.8 Å². The van der Waals surface area contributed by atoms with Crippen LogP contribution in [0.3, 0.4) is 0 Å². The Morgan fingerprint density at radius 3 is 2.56 bits per heavy atom. The molecule has 0 radical (unpaired) electrons. The number of carbonyl (C=O) groups is 2. The molecular formula is C27H23N5O4. The van der Waals surface area contributed by atoms with Crippen molar-refractivity contribution in [2.24, 2.45) is 5.92 Å². The molecule has 9 heteroatoms. The molecular weight excluding hydrogens is 458 g/mol. The van der Waals surface area contributed by atoms with Gasteiger partial charge in [-0.25, -0.2) is 0 Å². The average molecular weight is 482 g/mol. The van der Waals surface area contributed by atoms with Gasteiger partial charge in [0.2, 0.25) is 17.7 Å². The standard InChI is InChI=1S/C27H23N5O4/c28-27-31-24-22(11-12-29-24)25(32-27)36-21-9-7-20(8-10-21)30-23(33)15-19(26(34)35)14-16-5-6-17-3-1-2-4-18(17)13-16/h1-13,19H,14-15H2,(H,30,33)(H,34,35)(H3,28,29,31,32)/t19-/m1/s1. The van der Waals surface area contributed by atoms with E-state index in [0.29, 0.717) is 28.4 Å². The van der Waals surface area contributed by atoms with Crippen molar-refractivity contribution in [3.63, 3.8) is 0 Å². The Kier molecular flexibility index (Phi) is 6.19. The molecule has 5 aromatic rings. The van der Waals surface area contributed by atoms with Crippen molar-refractivity contribution < 1.29 is 19.4 Å². The van der Waals surface area contributed by atoms with E-state index in [1.807, 2.05) is 42.5 Å². The first kappa shape index (κ1) is 22.9. The zero-order valence-electron chi connectivity index (χ0n) is 19.1. The second-order valence-electron chi connectivity index (χ2n) is 8.43. The Balaban J connectivity index is 1.22. The van der Waals surface area contributed by atoms with Gasteiger partial charge >= 0.3 is 5.97 Å². The quantitative estimate of drug-likeness (QED) is 0.250. The Bertz CT molecular complexity index is 1560. The van der Waals surface area contributed by atoms with Gasteiger partial charge in [-0.05, 0) is 53.1 Å². The molecule has 1 amide bonds. The van der Waals surface area contributed by atoms with Gasteiger partial charge in [-0.15, -0.1) is 0 Å². The second kappa shape index (κ2) is 9.75. The van der Waals surface area contributed by atoms with Gasteiger partial charge in [-0.3, -0.25) is 9.59 Å². The van der Waals surface area contributed by atoms with Gasteiger partial charge < -0.3 is 25.9 Å². The molecule has 0 saturated carbocycles. The third kappa shape index (κ3) is 5.10. The predicted octanol–water partition coefficient (Wildman–Crippen LogP) is 4.76. The molecule has 9 nitrogen and oxygen atoms in total. The van der Waals surface area contributed by atoms with Gasteiger partial charge in [0.1, 0.15) is 11.4 Å². The van der Waals surface area contributed by atoms with Crippen LogP contribution in [0.1, 0.15) is 12.0 Å². The fourth-order valence-electron chi connectivity index (χ4n) is 4.06. The normalized spacial score (nSPS) is 11.9. The molecule has 5 rings (SSSR count). The van der Waals surface area contributed by atoms with E-state index in [2.05, 4.69) is 20.3 Å². The average Bonchev–Trinajstić information content (AvgIpc) is 3.33. The maximum atomic E-state index is 12.6. The van der Waals surface area contributed by atoms with E-state index in [9.17, 15) is 14.7 Å². The molecule has 1 atom stereocenters. The van der Waals surface area contributed by atoms with Crippen molar-refractivity contribution >= 4 is 45.3 Å². The molecule has 0 unspecified atom stereocenters. The van der Waals surface area contributed by atoms with Crippen LogP contribution in [0.15, 0.2) is 79.0 Å². The Morgan fingerprint density at radius 2 is 1.78 bits per heavy atom. The van der Waals surface area contributed by atoms with E-state index in [4.69, 9.17) is 10.5 Å². The highest BCUT2D eigenvalue weighted by Gasteiger charge is 2.22. The molecule has 0 spiro atoms. The van der Waals surface area contributed by atoms with Crippen molar-refractivity contribution in [1.82, 2.24) is 15.0 Å². The molecule has 3 aromatic carbocycles. The summed E-state index contributed by atoms with van der Waals surface area (Å²) >= 11 is 0. The van der Waals surface area contributed by atoms with Crippen LogP contribution >= 0.6 is 0 Å². The first-order valence-electron chi connectivity index (χ1n) is 11.3. The second-order valence-corrected chi connectivity index (χ2v) is 8.43. The monoisotopic (exact) mass is 481 g/mol. The summed E-state index contributed by atoms with van der Waals surface area (Å²) < 4.78 is 5.84. The van der Waals surface area contributed by atoms with Crippen molar-refractivity contribution in [3.8, 4) is 11.6 Å². The molecule has 0 fully saturated rings. The zero-order chi connectivity index (χ0) is 25.1. The molecule has 0 aliphatic rings. The van der Waals surface area contributed by atoms with Gasteiger partial charge in [0.25, 0.3) is 0 Å². The molecule has 0 aliphatic carbocycles. The number of nitrogen functional groups attached to an aromatic ring is 1. The number of aliphatic carboxylic acids is 1. The minimum absolute atomic E-state index is 0.0838. The summed E-state index contributed by atoms with van der Waals surface area (Å²) in [5.41, 5.74) is 7.70. The van der Waals surface area contributed by atoms with Crippen LogP contribution in [0.5, 0.6) is 11.6 Å². The molecule has 180 valence electrons. The number of carbonyl (C=O) groups excluding carboxylic acids is 1. The highest BCUT2D eigenvalue weighted by molar-refractivity contribution is 5.93. The summed E-state index contributed by atoms with van der Waals surface area (Å²) in [6.45, 7) is 0. The highest BCUT2D eigenvalue weighted by Crippen LogP contribution is 2.28. The number of nitrogens with zero attached hydrogens (tertiary/aromatic N) is 2. The molecule has 2 aromatic heterocycles. The van der Waals surface area contributed by atoms with E-state index in [1.165, 1.54) is 0 Å².